The van der Waals surface area contributed by atoms with Gasteiger partial charge in [0, 0.05) is 21.5 Å². The van der Waals surface area contributed by atoms with Crippen molar-refractivity contribution in [1.82, 2.24) is 8.96 Å². The molecule has 4 aliphatic rings. The molecule has 3 aromatic heterocycles. The third kappa shape index (κ3) is 3.10. The number of nitrogens with zero attached hydrogens (tertiary/aromatic N) is 6. The average molecular weight is 624 g/mol. The molecule has 0 N–H and O–H groups in total. The summed E-state index contributed by atoms with van der Waals surface area (Å²) in [7, 11) is 0. The van der Waals surface area contributed by atoms with Crippen molar-refractivity contribution in [3.63, 3.8) is 0 Å². The molecule has 0 spiro atoms. The Morgan fingerprint density at radius 3 is 2.09 bits per heavy atom. The number of allylic oxidation sites excluding steroid dienone is 1. The van der Waals surface area contributed by atoms with Gasteiger partial charge in [0.1, 0.15) is 11.3 Å². The summed E-state index contributed by atoms with van der Waals surface area (Å²) in [6.45, 7) is -2.29. The molecular weight excluding hydrogens is 603 g/mol. The Balaban J connectivity index is 1.20. The van der Waals surface area contributed by atoms with Gasteiger partial charge in [0.25, 0.3) is 0 Å². The van der Waals surface area contributed by atoms with E-state index < -0.39 is 6.75 Å². The van der Waals surface area contributed by atoms with Gasteiger partial charge in [-0.05, 0) is 59.5 Å². The van der Waals surface area contributed by atoms with E-state index in [1.54, 1.807) is 6.08 Å². The number of carbonyl (C=O) groups is 1. The number of hydrogen-bond donors (Lipinski definition) is 0. The fourth-order valence-electron chi connectivity index (χ4n) is 7.66. The minimum absolute atomic E-state index is 0.00968. The zero-order valence-electron chi connectivity index (χ0n) is 24.6. The van der Waals surface area contributed by atoms with Crippen LogP contribution in [-0.4, -0.2) is 37.7 Å². The van der Waals surface area contributed by atoms with Crippen LogP contribution in [0.15, 0.2) is 136 Å². The lowest BCUT2D eigenvalue weighted by atomic mass is 9.75. The molecule has 1 atom stereocenters. The van der Waals surface area contributed by atoms with Gasteiger partial charge < -0.3 is 18.1 Å². The third-order valence-electron chi connectivity index (χ3n) is 9.61. The van der Waals surface area contributed by atoms with Gasteiger partial charge in [-0.3, -0.25) is 4.79 Å². The first-order valence-corrected chi connectivity index (χ1v) is 16.3. The predicted octanol–water partition coefficient (Wildman–Crippen LogP) is 6.23. The number of benzene rings is 4. The van der Waals surface area contributed by atoms with Crippen LogP contribution in [0.4, 0.5) is 11.6 Å². The van der Waals surface area contributed by atoms with Gasteiger partial charge in [-0.25, -0.2) is 4.99 Å². The molecule has 7 heterocycles. The zero-order chi connectivity index (χ0) is 30.9. The average Bonchev–Trinajstić information content (AvgIpc) is 3.90. The Labute approximate surface area is 270 Å². The Bertz CT molecular complexity index is 2790. The number of fused-ring (bicyclic) bond motifs is 9. The quantitative estimate of drug-likeness (QED) is 0.130. The summed E-state index contributed by atoms with van der Waals surface area (Å²) in [4.78, 5) is 29.4. The number of amidine groups is 2. The second-order valence-electron chi connectivity index (χ2n) is 12.0. The summed E-state index contributed by atoms with van der Waals surface area (Å²) in [6, 6.07) is 36.6. The van der Waals surface area contributed by atoms with E-state index in [0.29, 0.717) is 5.75 Å². The maximum Gasteiger partial charge on any atom is 0.568 e. The third-order valence-corrected chi connectivity index (χ3v) is 10.5. The second kappa shape index (κ2) is 8.77. The van der Waals surface area contributed by atoms with Crippen molar-refractivity contribution >= 4 is 74.8 Å². The van der Waals surface area contributed by atoms with E-state index in [9.17, 15) is 4.79 Å². The van der Waals surface area contributed by atoms with Crippen LogP contribution in [0.5, 0.6) is 5.75 Å². The number of thiophene rings is 1. The van der Waals surface area contributed by atoms with Crippen LogP contribution >= 0.6 is 11.3 Å². The first-order valence-electron chi connectivity index (χ1n) is 15.5. The molecule has 47 heavy (non-hydrogen) atoms. The van der Waals surface area contributed by atoms with Crippen LogP contribution in [-0.2, 0) is 0 Å². The first-order chi connectivity index (χ1) is 23.2. The molecule has 0 fully saturated rings. The molecular formula is C37H21BN6O2S. The van der Waals surface area contributed by atoms with E-state index in [2.05, 4.69) is 49.8 Å². The Morgan fingerprint density at radius 2 is 1.36 bits per heavy atom. The number of aliphatic imine (C=N–C) groups is 1. The van der Waals surface area contributed by atoms with Crippen molar-refractivity contribution in [3.8, 4) is 5.75 Å². The van der Waals surface area contributed by atoms with E-state index in [1.807, 2.05) is 84.3 Å². The largest absolute Gasteiger partial charge is 0.648 e. The summed E-state index contributed by atoms with van der Waals surface area (Å²) < 4.78 is 14.0. The van der Waals surface area contributed by atoms with E-state index in [4.69, 9.17) is 19.6 Å². The van der Waals surface area contributed by atoms with Gasteiger partial charge in [0.15, 0.2) is 17.1 Å². The van der Waals surface area contributed by atoms with E-state index in [0.717, 1.165) is 77.4 Å². The maximum absolute atomic E-state index is 12.6. The molecule has 4 aromatic carbocycles. The molecule has 8 nitrogen and oxygen atoms in total. The Kier molecular flexibility index (Phi) is 4.69. The molecule has 0 radical (unpaired) electrons. The summed E-state index contributed by atoms with van der Waals surface area (Å²) in [5.74, 6) is 3.91. The first kappa shape index (κ1) is 25.1. The summed E-state index contributed by atoms with van der Waals surface area (Å²) in [5.41, 5.74) is 4.56. The number of carbonyl (C=O) groups excluding carboxylic acids is 1. The number of ketones is 1. The fraction of sp³-hybridized carbons (Fsp3) is 0. The van der Waals surface area contributed by atoms with Gasteiger partial charge in [0.2, 0.25) is 11.7 Å². The number of hydrogen-bond acceptors (Lipinski definition) is 6. The minimum atomic E-state index is -2.29. The highest BCUT2D eigenvalue weighted by molar-refractivity contribution is 7.12. The van der Waals surface area contributed by atoms with Crippen LogP contribution in [0.2, 0.25) is 0 Å². The lowest BCUT2D eigenvalue weighted by molar-refractivity contribution is -0.291. The van der Waals surface area contributed by atoms with Crippen LogP contribution in [0.25, 0.3) is 27.6 Å². The summed E-state index contributed by atoms with van der Waals surface area (Å²) >= 11 is 1.44. The van der Waals surface area contributed by atoms with Crippen LogP contribution in [0, 0.1) is 0 Å². The molecule has 1 unspecified atom stereocenters. The number of aromatic nitrogens is 2. The van der Waals surface area contributed by atoms with Crippen molar-refractivity contribution in [2.24, 2.45) is 15.0 Å². The molecule has 0 saturated heterocycles. The molecule has 0 amide bonds. The van der Waals surface area contributed by atoms with E-state index in [-0.39, 0.29) is 5.78 Å². The molecule has 0 aliphatic carbocycles. The molecule has 10 heteroatoms. The van der Waals surface area contributed by atoms with Gasteiger partial charge >= 0.3 is 6.75 Å². The van der Waals surface area contributed by atoms with Crippen molar-refractivity contribution in [2.45, 2.75) is 0 Å². The van der Waals surface area contributed by atoms with Gasteiger partial charge in [-0.1, -0.05) is 82.8 Å². The predicted molar refractivity (Wildman–Crippen MR) is 184 cm³/mol. The van der Waals surface area contributed by atoms with Gasteiger partial charge in [-0.15, -0.1) is 11.3 Å². The van der Waals surface area contributed by atoms with Gasteiger partial charge in [-0.2, -0.15) is 0 Å². The lowest BCUT2D eigenvalue weighted by Gasteiger charge is -2.47. The van der Waals surface area contributed by atoms with Crippen molar-refractivity contribution in [2.75, 3.05) is 0 Å². The number of rotatable bonds is 5. The van der Waals surface area contributed by atoms with Crippen molar-refractivity contribution in [3.05, 3.63) is 153 Å². The highest BCUT2D eigenvalue weighted by Crippen LogP contribution is 2.46. The van der Waals surface area contributed by atoms with Crippen LogP contribution < -0.4 is 15.6 Å². The summed E-state index contributed by atoms with van der Waals surface area (Å²) in [6.07, 6.45) is 3.46. The minimum Gasteiger partial charge on any atom is -0.648 e. The van der Waals surface area contributed by atoms with E-state index >= 15 is 0 Å². The SMILES string of the molecule is O=C(/C=C/c1ccc(O[B-]23n4c5c6ccccc6c4N=c4c6ccccc6c(n42)=NC2=[N+]3C(=N5)c3ccccc32)cc1)c1cccs1. The zero-order valence-corrected chi connectivity index (χ0v) is 25.4. The monoisotopic (exact) mass is 624 g/mol. The summed E-state index contributed by atoms with van der Waals surface area (Å²) in [5, 5.41) is 5.98. The van der Waals surface area contributed by atoms with Crippen molar-refractivity contribution < 1.29 is 13.9 Å². The molecule has 4 aliphatic heterocycles. The molecule has 11 rings (SSSR count). The van der Waals surface area contributed by atoms with Crippen LogP contribution in [0.1, 0.15) is 26.4 Å². The van der Waals surface area contributed by atoms with E-state index in [1.165, 1.54) is 11.3 Å². The molecule has 220 valence electrons. The second-order valence-corrected chi connectivity index (χ2v) is 13.0. The normalized spacial score (nSPS) is 17.8. The standard InChI is InChI=1S/C37H21BN6O2S/c45-30(31-14-7-21-47-31)20-17-22-15-18-23(19-16-22)46-38-42-32-24-8-1-2-9-25(24)33(42)40-35-28-12-5-6-13-29(28)37(44(35)38)41-36-27-11-4-3-10-26(27)34(39-32)43(36)38/h1-21H/b20-17+. The maximum atomic E-state index is 12.6. The molecule has 0 saturated carbocycles. The highest BCUT2D eigenvalue weighted by Gasteiger charge is 2.59. The van der Waals surface area contributed by atoms with Crippen LogP contribution in [0.3, 0.4) is 0 Å². The lowest BCUT2D eigenvalue weighted by Crippen LogP contribution is -2.75. The Morgan fingerprint density at radius 1 is 0.702 bits per heavy atom. The van der Waals surface area contributed by atoms with Gasteiger partial charge in [0.05, 0.1) is 21.8 Å². The molecule has 7 aromatic rings. The Hall–Kier alpha value is -6.13. The molecule has 0 bridgehead atoms. The highest BCUT2D eigenvalue weighted by atomic mass is 32.1. The topological polar surface area (TPSA) is 76.2 Å². The smallest absolute Gasteiger partial charge is 0.568 e. The van der Waals surface area contributed by atoms with Crippen molar-refractivity contribution in [1.29, 1.82) is 0 Å². The fourth-order valence-corrected chi connectivity index (χ4v) is 8.30.